The number of hydrogen-bond donors (Lipinski definition) is 1. The first kappa shape index (κ1) is 20.4. The highest BCUT2D eigenvalue weighted by Crippen LogP contribution is 2.13. The minimum absolute atomic E-state index is 0. The third kappa shape index (κ3) is 5.18. The van der Waals surface area contributed by atoms with Gasteiger partial charge in [0.05, 0.1) is 0 Å². The van der Waals surface area contributed by atoms with Gasteiger partial charge in [0.2, 0.25) is 5.91 Å². The lowest BCUT2D eigenvalue weighted by atomic mass is 10.1. The van der Waals surface area contributed by atoms with E-state index in [4.69, 9.17) is 0 Å². The maximum atomic E-state index is 13.6. The van der Waals surface area contributed by atoms with E-state index in [2.05, 4.69) is 5.32 Å². The number of piperazine rings is 1. The van der Waals surface area contributed by atoms with Crippen LogP contribution in [-0.2, 0) is 4.79 Å². The number of halogens is 2. The fourth-order valence-electron chi connectivity index (χ4n) is 2.64. The van der Waals surface area contributed by atoms with Gasteiger partial charge in [-0.3, -0.25) is 9.59 Å². The third-order valence-corrected chi connectivity index (χ3v) is 4.16. The first-order chi connectivity index (χ1) is 11.0. The van der Waals surface area contributed by atoms with Gasteiger partial charge in [-0.2, -0.15) is 0 Å². The number of carbonyl (C=O) groups is 2. The molecule has 7 heteroatoms. The molecule has 0 aromatic heterocycles. The van der Waals surface area contributed by atoms with Gasteiger partial charge in [-0.1, -0.05) is 6.07 Å². The second-order valence-electron chi connectivity index (χ2n) is 5.84. The molecular formula is C17H25ClFN3O2. The Bertz CT molecular complexity index is 575. The number of rotatable bonds is 5. The van der Waals surface area contributed by atoms with Crippen LogP contribution in [0.4, 0.5) is 4.39 Å². The van der Waals surface area contributed by atoms with Crippen molar-refractivity contribution in [3.63, 3.8) is 0 Å². The Morgan fingerprint density at radius 1 is 1.17 bits per heavy atom. The van der Waals surface area contributed by atoms with E-state index in [1.165, 1.54) is 6.07 Å². The molecule has 1 aromatic rings. The summed E-state index contributed by atoms with van der Waals surface area (Å²) in [5.74, 6) is -0.408. The number of nitrogens with one attached hydrogen (secondary N) is 1. The molecule has 0 spiro atoms. The average molecular weight is 358 g/mol. The summed E-state index contributed by atoms with van der Waals surface area (Å²) < 4.78 is 13.6. The summed E-state index contributed by atoms with van der Waals surface area (Å²) >= 11 is 0. The largest absolute Gasteiger partial charge is 0.339 e. The third-order valence-electron chi connectivity index (χ3n) is 4.16. The number of benzene rings is 1. The van der Waals surface area contributed by atoms with Crippen molar-refractivity contribution in [3.05, 3.63) is 35.1 Å². The summed E-state index contributed by atoms with van der Waals surface area (Å²) in [5, 5.41) is 3.02. The second-order valence-corrected chi connectivity index (χ2v) is 5.84. The van der Waals surface area contributed by atoms with Gasteiger partial charge in [-0.05, 0) is 44.6 Å². The standard InChI is InChI=1S/C17H24FN3O2.ClH/c1-13-5-6-14(12-15(13)18)17(23)21-10-8-20(9-11-21)16(22)4-3-7-19-2;/h5-6,12,19H,3-4,7-11H2,1-2H3;1H. The lowest BCUT2D eigenvalue weighted by Crippen LogP contribution is -2.50. The quantitative estimate of drug-likeness (QED) is 0.818. The molecule has 0 unspecified atom stereocenters. The minimum atomic E-state index is -0.366. The molecular weight excluding hydrogens is 333 g/mol. The summed E-state index contributed by atoms with van der Waals surface area (Å²) in [5.41, 5.74) is 0.889. The Morgan fingerprint density at radius 2 is 1.79 bits per heavy atom. The van der Waals surface area contributed by atoms with Crippen LogP contribution in [0.25, 0.3) is 0 Å². The maximum Gasteiger partial charge on any atom is 0.254 e. The van der Waals surface area contributed by atoms with E-state index >= 15 is 0 Å². The van der Waals surface area contributed by atoms with Gasteiger partial charge in [0.15, 0.2) is 0 Å². The van der Waals surface area contributed by atoms with Crippen LogP contribution in [0.5, 0.6) is 0 Å². The molecule has 2 amide bonds. The molecule has 0 bridgehead atoms. The molecule has 134 valence electrons. The topological polar surface area (TPSA) is 52.7 Å². The van der Waals surface area contributed by atoms with Crippen LogP contribution in [-0.4, -0.2) is 61.4 Å². The van der Waals surface area contributed by atoms with Crippen molar-refractivity contribution < 1.29 is 14.0 Å². The molecule has 0 saturated carbocycles. The molecule has 5 nitrogen and oxygen atoms in total. The van der Waals surface area contributed by atoms with Crippen LogP contribution in [0, 0.1) is 12.7 Å². The predicted molar refractivity (Wildman–Crippen MR) is 94.0 cm³/mol. The number of nitrogens with zero attached hydrogens (tertiary/aromatic N) is 2. The van der Waals surface area contributed by atoms with Crippen LogP contribution in [0.3, 0.4) is 0 Å². The Labute approximate surface area is 148 Å². The second kappa shape index (κ2) is 9.59. The number of carbonyl (C=O) groups excluding carboxylic acids is 2. The highest BCUT2D eigenvalue weighted by molar-refractivity contribution is 5.94. The maximum absolute atomic E-state index is 13.6. The van der Waals surface area contributed by atoms with E-state index < -0.39 is 0 Å². The fraction of sp³-hybridized carbons (Fsp3) is 0.529. The minimum Gasteiger partial charge on any atom is -0.339 e. The Hall–Kier alpha value is -1.66. The highest BCUT2D eigenvalue weighted by Gasteiger charge is 2.24. The highest BCUT2D eigenvalue weighted by atomic mass is 35.5. The van der Waals surface area contributed by atoms with Gasteiger partial charge in [0, 0.05) is 38.2 Å². The smallest absolute Gasteiger partial charge is 0.254 e. The van der Waals surface area contributed by atoms with Gasteiger partial charge in [0.25, 0.3) is 5.91 Å². The van der Waals surface area contributed by atoms with E-state index in [0.29, 0.717) is 43.7 Å². The molecule has 1 fully saturated rings. The number of aryl methyl sites for hydroxylation is 1. The molecule has 1 aromatic carbocycles. The van der Waals surface area contributed by atoms with Gasteiger partial charge >= 0.3 is 0 Å². The van der Waals surface area contributed by atoms with Crippen molar-refractivity contribution in [3.8, 4) is 0 Å². The van der Waals surface area contributed by atoms with E-state index in [0.717, 1.165) is 13.0 Å². The van der Waals surface area contributed by atoms with Crippen molar-refractivity contribution >= 4 is 24.2 Å². The molecule has 0 aliphatic carbocycles. The van der Waals surface area contributed by atoms with Gasteiger partial charge in [-0.25, -0.2) is 4.39 Å². The SMILES string of the molecule is CNCCCC(=O)N1CCN(C(=O)c2ccc(C)c(F)c2)CC1.Cl. The van der Waals surface area contributed by atoms with Crippen LogP contribution in [0.1, 0.15) is 28.8 Å². The van der Waals surface area contributed by atoms with Gasteiger partial charge < -0.3 is 15.1 Å². The normalized spacial score (nSPS) is 14.3. The average Bonchev–Trinajstić information content (AvgIpc) is 2.57. The van der Waals surface area contributed by atoms with Crippen molar-refractivity contribution in [1.29, 1.82) is 0 Å². The van der Waals surface area contributed by atoms with Crippen molar-refractivity contribution in [2.45, 2.75) is 19.8 Å². The zero-order valence-electron chi connectivity index (χ0n) is 14.2. The molecule has 1 aliphatic rings. The summed E-state index contributed by atoms with van der Waals surface area (Å²) in [4.78, 5) is 27.9. The lowest BCUT2D eigenvalue weighted by molar-refractivity contribution is -0.132. The van der Waals surface area contributed by atoms with Crippen LogP contribution < -0.4 is 5.32 Å². The van der Waals surface area contributed by atoms with Crippen molar-refractivity contribution in [2.24, 2.45) is 0 Å². The molecule has 0 atom stereocenters. The fourth-order valence-corrected chi connectivity index (χ4v) is 2.64. The molecule has 0 radical (unpaired) electrons. The van der Waals surface area contributed by atoms with E-state index in [-0.39, 0.29) is 30.0 Å². The van der Waals surface area contributed by atoms with Crippen molar-refractivity contribution in [2.75, 3.05) is 39.8 Å². The van der Waals surface area contributed by atoms with E-state index in [1.54, 1.807) is 28.9 Å². The predicted octanol–water partition coefficient (Wildman–Crippen LogP) is 1.84. The Balaban J connectivity index is 0.00000288. The van der Waals surface area contributed by atoms with Crippen LogP contribution >= 0.6 is 12.4 Å². The van der Waals surface area contributed by atoms with Crippen LogP contribution in [0.15, 0.2) is 18.2 Å². The van der Waals surface area contributed by atoms with Crippen molar-refractivity contribution in [1.82, 2.24) is 15.1 Å². The molecule has 1 N–H and O–H groups in total. The van der Waals surface area contributed by atoms with E-state index in [9.17, 15) is 14.0 Å². The summed E-state index contributed by atoms with van der Waals surface area (Å²) in [6.45, 7) is 4.56. The monoisotopic (exact) mass is 357 g/mol. The molecule has 1 aliphatic heterocycles. The lowest BCUT2D eigenvalue weighted by Gasteiger charge is -2.35. The molecule has 2 rings (SSSR count). The number of hydrogen-bond acceptors (Lipinski definition) is 3. The van der Waals surface area contributed by atoms with Gasteiger partial charge in [-0.15, -0.1) is 12.4 Å². The summed E-state index contributed by atoms with van der Waals surface area (Å²) in [6, 6.07) is 4.55. The molecule has 24 heavy (non-hydrogen) atoms. The Kier molecular flexibility index (Phi) is 8.15. The number of amides is 2. The van der Waals surface area contributed by atoms with Crippen LogP contribution in [0.2, 0.25) is 0 Å². The molecule has 1 heterocycles. The molecule has 1 saturated heterocycles. The zero-order chi connectivity index (χ0) is 16.8. The summed E-state index contributed by atoms with van der Waals surface area (Å²) in [6.07, 6.45) is 1.34. The van der Waals surface area contributed by atoms with Gasteiger partial charge in [0.1, 0.15) is 5.82 Å². The summed E-state index contributed by atoms with van der Waals surface area (Å²) in [7, 11) is 1.86. The van der Waals surface area contributed by atoms with E-state index in [1.807, 2.05) is 7.05 Å². The zero-order valence-corrected chi connectivity index (χ0v) is 15.0. The Morgan fingerprint density at radius 3 is 2.38 bits per heavy atom. The first-order valence-electron chi connectivity index (χ1n) is 8.00. The first-order valence-corrected chi connectivity index (χ1v) is 8.00.